The summed E-state index contributed by atoms with van der Waals surface area (Å²) in [5.41, 5.74) is 2.03. The van der Waals surface area contributed by atoms with E-state index >= 15 is 0 Å². The van der Waals surface area contributed by atoms with Gasteiger partial charge in [-0.15, -0.1) is 10.2 Å². The number of aryl methyl sites for hydroxylation is 1. The Morgan fingerprint density at radius 2 is 2.14 bits per heavy atom. The number of carbonyl (C=O) groups excluding carboxylic acids is 1. The summed E-state index contributed by atoms with van der Waals surface area (Å²) in [7, 11) is 1.86. The molecular formula is C16H21N5O. The van der Waals surface area contributed by atoms with Crippen LogP contribution in [0.1, 0.15) is 42.6 Å². The smallest absolute Gasteiger partial charge is 0.232 e. The molecule has 0 unspecified atom stereocenters. The third kappa shape index (κ3) is 2.49. The average Bonchev–Trinajstić information content (AvgIpc) is 3.11. The van der Waals surface area contributed by atoms with Crippen LogP contribution in [0.4, 0.5) is 0 Å². The Labute approximate surface area is 129 Å². The van der Waals surface area contributed by atoms with E-state index in [0.717, 1.165) is 12.8 Å². The third-order valence-corrected chi connectivity index (χ3v) is 4.52. The maximum Gasteiger partial charge on any atom is 0.232 e. The summed E-state index contributed by atoms with van der Waals surface area (Å²) in [5, 5.41) is 14.0. The van der Waals surface area contributed by atoms with Crippen molar-refractivity contribution in [1.29, 1.82) is 0 Å². The number of H-pyrrole nitrogens is 1. The molecule has 22 heavy (non-hydrogen) atoms. The SMILES string of the molecule is Cc1ccccc1C1(C(=O)N(C)C[C@@H](C)c2nn[nH]n2)CC1. The van der Waals surface area contributed by atoms with Crippen LogP contribution in [0.5, 0.6) is 0 Å². The van der Waals surface area contributed by atoms with Gasteiger partial charge < -0.3 is 4.90 Å². The lowest BCUT2D eigenvalue weighted by Crippen LogP contribution is -2.39. The molecule has 0 bridgehead atoms. The number of likely N-dealkylation sites (N-methyl/N-ethyl adjacent to an activating group) is 1. The summed E-state index contributed by atoms with van der Waals surface area (Å²) in [6.45, 7) is 4.67. The van der Waals surface area contributed by atoms with E-state index in [-0.39, 0.29) is 17.2 Å². The lowest BCUT2D eigenvalue weighted by atomic mass is 9.90. The van der Waals surface area contributed by atoms with Crippen LogP contribution in [0.3, 0.4) is 0 Å². The number of amides is 1. The van der Waals surface area contributed by atoms with Gasteiger partial charge in [0.2, 0.25) is 5.91 Å². The Morgan fingerprint density at radius 1 is 1.41 bits per heavy atom. The highest BCUT2D eigenvalue weighted by Crippen LogP contribution is 2.50. The number of benzene rings is 1. The van der Waals surface area contributed by atoms with Gasteiger partial charge in [0.25, 0.3) is 0 Å². The van der Waals surface area contributed by atoms with E-state index in [4.69, 9.17) is 0 Å². The van der Waals surface area contributed by atoms with Gasteiger partial charge >= 0.3 is 0 Å². The second kappa shape index (κ2) is 5.51. The Balaban J connectivity index is 1.75. The van der Waals surface area contributed by atoms with Crippen molar-refractivity contribution in [3.63, 3.8) is 0 Å². The molecule has 0 saturated heterocycles. The van der Waals surface area contributed by atoms with Crippen LogP contribution in [0, 0.1) is 6.92 Å². The highest BCUT2D eigenvalue weighted by Gasteiger charge is 2.53. The van der Waals surface area contributed by atoms with Crippen LogP contribution in [0.25, 0.3) is 0 Å². The third-order valence-electron chi connectivity index (χ3n) is 4.52. The fourth-order valence-corrected chi connectivity index (χ4v) is 3.15. The second-order valence-electron chi connectivity index (χ2n) is 6.25. The molecule has 1 fully saturated rings. The minimum absolute atomic E-state index is 0.0559. The van der Waals surface area contributed by atoms with E-state index in [9.17, 15) is 4.79 Å². The lowest BCUT2D eigenvalue weighted by Gasteiger charge is -2.26. The van der Waals surface area contributed by atoms with E-state index in [2.05, 4.69) is 39.7 Å². The van der Waals surface area contributed by atoms with E-state index in [1.807, 2.05) is 26.1 Å². The highest BCUT2D eigenvalue weighted by molar-refractivity contribution is 5.91. The maximum absolute atomic E-state index is 12.9. The van der Waals surface area contributed by atoms with Crippen LogP contribution >= 0.6 is 0 Å². The molecule has 1 aliphatic rings. The van der Waals surface area contributed by atoms with Crippen LogP contribution < -0.4 is 0 Å². The van der Waals surface area contributed by atoms with Crippen molar-refractivity contribution >= 4 is 5.91 Å². The minimum atomic E-state index is -0.322. The predicted octanol–water partition coefficient (Wildman–Crippen LogP) is 1.80. The van der Waals surface area contributed by atoms with Gasteiger partial charge in [0.05, 0.1) is 5.41 Å². The van der Waals surface area contributed by atoms with Gasteiger partial charge in [0, 0.05) is 19.5 Å². The monoisotopic (exact) mass is 299 g/mol. The molecule has 6 heteroatoms. The highest BCUT2D eigenvalue weighted by atomic mass is 16.2. The van der Waals surface area contributed by atoms with E-state index < -0.39 is 0 Å². The van der Waals surface area contributed by atoms with E-state index in [1.54, 1.807) is 4.90 Å². The Morgan fingerprint density at radius 3 is 2.73 bits per heavy atom. The minimum Gasteiger partial charge on any atom is -0.344 e. The molecule has 1 aromatic heterocycles. The number of rotatable bonds is 5. The predicted molar refractivity (Wildman–Crippen MR) is 82.3 cm³/mol. The van der Waals surface area contributed by atoms with Gasteiger partial charge in [0.15, 0.2) is 5.82 Å². The fraction of sp³-hybridized carbons (Fsp3) is 0.500. The number of carbonyl (C=O) groups is 1. The molecule has 1 atom stereocenters. The number of hydrogen-bond donors (Lipinski definition) is 1. The average molecular weight is 299 g/mol. The molecule has 6 nitrogen and oxygen atoms in total. The van der Waals surface area contributed by atoms with Crippen LogP contribution in [0.2, 0.25) is 0 Å². The van der Waals surface area contributed by atoms with Crippen molar-refractivity contribution < 1.29 is 4.79 Å². The molecule has 1 heterocycles. The van der Waals surface area contributed by atoms with Crippen molar-refractivity contribution in [2.75, 3.05) is 13.6 Å². The first-order valence-electron chi connectivity index (χ1n) is 7.59. The molecule has 0 radical (unpaired) electrons. The number of nitrogens with one attached hydrogen (secondary N) is 1. The molecule has 116 valence electrons. The summed E-state index contributed by atoms with van der Waals surface area (Å²) >= 11 is 0. The Kier molecular flexibility index (Phi) is 3.68. The standard InChI is InChI=1S/C16H21N5O/c1-11-6-4-5-7-13(11)16(8-9-16)15(22)21(3)10-12(2)14-17-19-20-18-14/h4-7,12H,8-10H2,1-3H3,(H,17,18,19,20)/t12-/m1/s1. The normalized spacial score (nSPS) is 17.0. The molecule has 1 aliphatic carbocycles. The topological polar surface area (TPSA) is 74.8 Å². The number of nitrogens with zero attached hydrogens (tertiary/aromatic N) is 4. The molecule has 1 aromatic carbocycles. The zero-order chi connectivity index (χ0) is 15.7. The first-order chi connectivity index (χ1) is 10.5. The molecule has 3 rings (SSSR count). The summed E-state index contributed by atoms with van der Waals surface area (Å²) in [5.74, 6) is 0.887. The van der Waals surface area contributed by atoms with E-state index in [0.29, 0.717) is 12.4 Å². The maximum atomic E-state index is 12.9. The first kappa shape index (κ1) is 14.7. The molecule has 1 amide bonds. The van der Waals surface area contributed by atoms with Crippen LogP contribution in [-0.4, -0.2) is 45.0 Å². The Hall–Kier alpha value is -2.24. The quantitative estimate of drug-likeness (QED) is 0.913. The summed E-state index contributed by atoms with van der Waals surface area (Å²) in [4.78, 5) is 14.8. The molecule has 1 N–H and O–H groups in total. The zero-order valence-electron chi connectivity index (χ0n) is 13.2. The van der Waals surface area contributed by atoms with Gasteiger partial charge in [-0.2, -0.15) is 5.21 Å². The van der Waals surface area contributed by atoms with Crippen molar-refractivity contribution in [1.82, 2.24) is 25.5 Å². The van der Waals surface area contributed by atoms with E-state index in [1.165, 1.54) is 11.1 Å². The molecule has 0 spiro atoms. The van der Waals surface area contributed by atoms with Gasteiger partial charge in [-0.05, 0) is 30.9 Å². The summed E-state index contributed by atoms with van der Waals surface area (Å²) < 4.78 is 0. The van der Waals surface area contributed by atoms with Crippen molar-refractivity contribution in [2.24, 2.45) is 0 Å². The Bertz CT molecular complexity index is 663. The van der Waals surface area contributed by atoms with Crippen molar-refractivity contribution in [2.45, 2.75) is 38.0 Å². The number of aromatic nitrogens is 4. The van der Waals surface area contributed by atoms with Crippen LogP contribution in [-0.2, 0) is 10.2 Å². The lowest BCUT2D eigenvalue weighted by molar-refractivity contribution is -0.132. The van der Waals surface area contributed by atoms with Gasteiger partial charge in [0.1, 0.15) is 0 Å². The number of tetrazole rings is 1. The first-order valence-corrected chi connectivity index (χ1v) is 7.59. The molecule has 0 aliphatic heterocycles. The fourth-order valence-electron chi connectivity index (χ4n) is 3.15. The van der Waals surface area contributed by atoms with Crippen LogP contribution in [0.15, 0.2) is 24.3 Å². The van der Waals surface area contributed by atoms with Gasteiger partial charge in [-0.3, -0.25) is 4.79 Å². The van der Waals surface area contributed by atoms with Crippen molar-refractivity contribution in [3.8, 4) is 0 Å². The summed E-state index contributed by atoms with van der Waals surface area (Å²) in [6.07, 6.45) is 1.86. The zero-order valence-corrected chi connectivity index (χ0v) is 13.2. The summed E-state index contributed by atoms with van der Waals surface area (Å²) in [6, 6.07) is 8.18. The number of hydrogen-bond acceptors (Lipinski definition) is 4. The molecule has 2 aromatic rings. The molecular weight excluding hydrogens is 278 g/mol. The molecule has 1 saturated carbocycles. The van der Waals surface area contributed by atoms with Gasteiger partial charge in [-0.25, -0.2) is 0 Å². The second-order valence-corrected chi connectivity index (χ2v) is 6.25. The van der Waals surface area contributed by atoms with Crippen molar-refractivity contribution in [3.05, 3.63) is 41.2 Å². The largest absolute Gasteiger partial charge is 0.344 e. The van der Waals surface area contributed by atoms with Gasteiger partial charge in [-0.1, -0.05) is 36.4 Å². The number of aromatic amines is 1.